The molecule has 0 aromatic heterocycles. The second-order valence-corrected chi connectivity index (χ2v) is 6.29. The first kappa shape index (κ1) is 17.7. The molecule has 1 N–H and O–H groups in total. The van der Waals surface area contributed by atoms with Crippen molar-refractivity contribution in [1.82, 2.24) is 5.32 Å². The highest BCUT2D eigenvalue weighted by molar-refractivity contribution is 8.18. The molecule has 1 aliphatic heterocycles. The standard InChI is InChI=1S/C18H15N3O4S/c1-2-25-15-8-6-13(7-9-15)19-18-20-17(22)16(26-18)11-12-4-3-5-14(10-12)21(23)24/h3-11H,2H2,1H3,(H,19,20,22)/b16-11-. The van der Waals surface area contributed by atoms with Gasteiger partial charge < -0.3 is 10.1 Å². The molecule has 132 valence electrons. The zero-order valence-corrected chi connectivity index (χ0v) is 14.7. The number of rotatable bonds is 5. The third-order valence-electron chi connectivity index (χ3n) is 3.41. The quantitative estimate of drug-likeness (QED) is 0.490. The first-order valence-electron chi connectivity index (χ1n) is 7.82. The second kappa shape index (κ2) is 7.83. The Morgan fingerprint density at radius 2 is 2.04 bits per heavy atom. The highest BCUT2D eigenvalue weighted by atomic mass is 32.2. The highest BCUT2D eigenvalue weighted by Crippen LogP contribution is 2.29. The molecule has 7 nitrogen and oxygen atoms in total. The molecule has 1 aliphatic rings. The molecule has 2 aromatic rings. The summed E-state index contributed by atoms with van der Waals surface area (Å²) in [6.07, 6.45) is 1.60. The number of benzene rings is 2. The molecule has 2 aromatic carbocycles. The number of ether oxygens (including phenoxy) is 1. The lowest BCUT2D eigenvalue weighted by atomic mass is 10.2. The number of nitro benzene ring substituents is 1. The lowest BCUT2D eigenvalue weighted by molar-refractivity contribution is -0.384. The van der Waals surface area contributed by atoms with Crippen molar-refractivity contribution < 1.29 is 14.5 Å². The molecule has 0 radical (unpaired) electrons. The van der Waals surface area contributed by atoms with Crippen LogP contribution in [0, 0.1) is 10.1 Å². The van der Waals surface area contributed by atoms with Gasteiger partial charge in [-0.3, -0.25) is 14.9 Å². The van der Waals surface area contributed by atoms with Gasteiger partial charge in [0.15, 0.2) is 5.17 Å². The van der Waals surface area contributed by atoms with Gasteiger partial charge in [-0.15, -0.1) is 0 Å². The Bertz CT molecular complexity index is 907. The van der Waals surface area contributed by atoms with Crippen molar-refractivity contribution in [2.45, 2.75) is 6.92 Å². The number of nitrogens with zero attached hydrogens (tertiary/aromatic N) is 2. The highest BCUT2D eigenvalue weighted by Gasteiger charge is 2.24. The number of non-ortho nitro benzene ring substituents is 1. The number of nitrogens with one attached hydrogen (secondary N) is 1. The Balaban J connectivity index is 1.77. The molecule has 0 atom stereocenters. The maximum Gasteiger partial charge on any atom is 0.270 e. The fourth-order valence-corrected chi connectivity index (χ4v) is 3.10. The average molecular weight is 369 g/mol. The number of aliphatic imine (C=N–C) groups is 1. The number of thioether (sulfide) groups is 1. The van der Waals surface area contributed by atoms with Crippen LogP contribution in [0.1, 0.15) is 12.5 Å². The van der Waals surface area contributed by atoms with Gasteiger partial charge >= 0.3 is 0 Å². The van der Waals surface area contributed by atoms with Crippen LogP contribution in [0.15, 0.2) is 58.4 Å². The summed E-state index contributed by atoms with van der Waals surface area (Å²) in [6, 6.07) is 13.3. The second-order valence-electron chi connectivity index (χ2n) is 5.26. The molecule has 1 heterocycles. The molecule has 3 rings (SSSR count). The topological polar surface area (TPSA) is 93.8 Å². The van der Waals surface area contributed by atoms with E-state index in [2.05, 4.69) is 10.3 Å². The summed E-state index contributed by atoms with van der Waals surface area (Å²) < 4.78 is 5.38. The smallest absolute Gasteiger partial charge is 0.270 e. The number of carbonyl (C=O) groups is 1. The Morgan fingerprint density at radius 1 is 1.27 bits per heavy atom. The molecular weight excluding hydrogens is 354 g/mol. The van der Waals surface area contributed by atoms with Gasteiger partial charge in [0.2, 0.25) is 0 Å². The molecule has 0 aliphatic carbocycles. The van der Waals surface area contributed by atoms with Crippen LogP contribution in [-0.2, 0) is 4.79 Å². The molecule has 1 saturated heterocycles. The van der Waals surface area contributed by atoms with E-state index in [0.717, 1.165) is 5.75 Å². The minimum Gasteiger partial charge on any atom is -0.494 e. The van der Waals surface area contributed by atoms with Gasteiger partial charge in [-0.25, -0.2) is 4.99 Å². The molecule has 26 heavy (non-hydrogen) atoms. The number of hydrogen-bond donors (Lipinski definition) is 1. The first-order chi connectivity index (χ1) is 12.5. The molecular formula is C18H15N3O4S. The van der Waals surface area contributed by atoms with Crippen molar-refractivity contribution >= 4 is 40.3 Å². The van der Waals surface area contributed by atoms with Crippen molar-refractivity contribution in [3.63, 3.8) is 0 Å². The van der Waals surface area contributed by atoms with E-state index in [0.29, 0.717) is 27.9 Å². The summed E-state index contributed by atoms with van der Waals surface area (Å²) in [4.78, 5) is 27.3. The molecule has 8 heteroatoms. The number of carbonyl (C=O) groups excluding carboxylic acids is 1. The SMILES string of the molecule is CCOc1ccc(N=C2NC(=O)/C(=C/c3cccc([N+](=O)[O-])c3)S2)cc1. The number of amidine groups is 1. The van der Waals surface area contributed by atoms with Crippen LogP contribution in [0.25, 0.3) is 6.08 Å². The molecule has 0 unspecified atom stereocenters. The van der Waals surface area contributed by atoms with Crippen molar-refractivity contribution in [2.75, 3.05) is 6.61 Å². The predicted octanol–water partition coefficient (Wildman–Crippen LogP) is 3.89. The summed E-state index contributed by atoms with van der Waals surface area (Å²) in [5, 5.41) is 14.0. The maximum absolute atomic E-state index is 12.1. The monoisotopic (exact) mass is 369 g/mol. The molecule has 0 spiro atoms. The van der Waals surface area contributed by atoms with Crippen molar-refractivity contribution in [1.29, 1.82) is 0 Å². The van der Waals surface area contributed by atoms with Gasteiger partial charge in [0, 0.05) is 12.1 Å². The molecule has 1 fully saturated rings. The zero-order valence-electron chi connectivity index (χ0n) is 13.8. The summed E-state index contributed by atoms with van der Waals surface area (Å²) in [6.45, 7) is 2.50. The number of nitro groups is 1. The Kier molecular flexibility index (Phi) is 5.33. The lowest BCUT2D eigenvalue weighted by Gasteiger charge is -2.02. The summed E-state index contributed by atoms with van der Waals surface area (Å²) in [7, 11) is 0. The van der Waals surface area contributed by atoms with E-state index in [9.17, 15) is 14.9 Å². The van der Waals surface area contributed by atoms with E-state index in [1.54, 1.807) is 30.3 Å². The van der Waals surface area contributed by atoms with Crippen molar-refractivity contribution in [3.8, 4) is 5.75 Å². The van der Waals surface area contributed by atoms with Gasteiger partial charge in [-0.2, -0.15) is 0 Å². The molecule has 0 bridgehead atoms. The van der Waals surface area contributed by atoms with Crippen LogP contribution in [0.3, 0.4) is 0 Å². The van der Waals surface area contributed by atoms with Crippen LogP contribution in [-0.4, -0.2) is 22.6 Å². The van der Waals surface area contributed by atoms with Crippen LogP contribution >= 0.6 is 11.8 Å². The predicted molar refractivity (Wildman–Crippen MR) is 102 cm³/mol. The lowest BCUT2D eigenvalue weighted by Crippen LogP contribution is -2.19. The molecule has 1 amide bonds. The van der Waals surface area contributed by atoms with Crippen LogP contribution in [0.4, 0.5) is 11.4 Å². The minimum absolute atomic E-state index is 0.0222. The van der Waals surface area contributed by atoms with E-state index < -0.39 is 4.92 Å². The van der Waals surface area contributed by atoms with Gasteiger partial charge in [-0.1, -0.05) is 12.1 Å². The van der Waals surface area contributed by atoms with E-state index >= 15 is 0 Å². The third kappa shape index (κ3) is 4.28. The van der Waals surface area contributed by atoms with Crippen molar-refractivity contribution in [2.24, 2.45) is 4.99 Å². The van der Waals surface area contributed by atoms with E-state index in [-0.39, 0.29) is 11.6 Å². The van der Waals surface area contributed by atoms with Gasteiger partial charge in [0.05, 0.1) is 22.1 Å². The van der Waals surface area contributed by atoms with E-state index in [4.69, 9.17) is 4.74 Å². The molecule has 0 saturated carbocycles. The third-order valence-corrected chi connectivity index (χ3v) is 4.32. The summed E-state index contributed by atoms with van der Waals surface area (Å²) in [5.41, 5.74) is 1.25. The zero-order chi connectivity index (χ0) is 18.5. The van der Waals surface area contributed by atoms with Crippen LogP contribution in [0.5, 0.6) is 5.75 Å². The van der Waals surface area contributed by atoms with E-state index in [1.165, 1.54) is 23.9 Å². The maximum atomic E-state index is 12.1. The van der Waals surface area contributed by atoms with Gasteiger partial charge in [0.1, 0.15) is 5.75 Å². The summed E-state index contributed by atoms with van der Waals surface area (Å²) >= 11 is 1.19. The largest absolute Gasteiger partial charge is 0.494 e. The normalized spacial score (nSPS) is 16.7. The minimum atomic E-state index is -0.470. The average Bonchev–Trinajstić information content (AvgIpc) is 2.96. The Hall–Kier alpha value is -3.13. The fraction of sp³-hybridized carbons (Fsp3) is 0.111. The summed E-state index contributed by atoms with van der Waals surface area (Å²) in [5.74, 6) is 0.469. The van der Waals surface area contributed by atoms with Gasteiger partial charge in [-0.05, 0) is 54.6 Å². The van der Waals surface area contributed by atoms with Crippen molar-refractivity contribution in [3.05, 3.63) is 69.1 Å². The van der Waals surface area contributed by atoms with Gasteiger partial charge in [0.25, 0.3) is 11.6 Å². The van der Waals surface area contributed by atoms with Crippen LogP contribution in [0.2, 0.25) is 0 Å². The number of hydrogen-bond acceptors (Lipinski definition) is 6. The Morgan fingerprint density at radius 3 is 2.73 bits per heavy atom. The fourth-order valence-electron chi connectivity index (χ4n) is 2.26. The Labute approximate surface area is 153 Å². The van der Waals surface area contributed by atoms with E-state index in [1.807, 2.05) is 19.1 Å². The van der Waals surface area contributed by atoms with Crippen LogP contribution < -0.4 is 10.1 Å². The number of amides is 1. The first-order valence-corrected chi connectivity index (χ1v) is 8.63.